The van der Waals surface area contributed by atoms with Crippen molar-refractivity contribution >= 4 is 22.8 Å². The average Bonchev–Trinajstić information content (AvgIpc) is 2.90. The van der Waals surface area contributed by atoms with E-state index in [-0.39, 0.29) is 5.91 Å². The number of fused-ring (bicyclic) bond motifs is 1. The fraction of sp³-hybridized carbons (Fsp3) is 0.375. The van der Waals surface area contributed by atoms with Crippen LogP contribution in [0.3, 0.4) is 0 Å². The second-order valence-electron chi connectivity index (χ2n) is 5.73. The number of hydrogen-bond donors (Lipinski definition) is 2. The number of aromatic amines is 1. The Morgan fingerprint density at radius 1 is 1.33 bits per heavy atom. The third-order valence-electron chi connectivity index (χ3n) is 4.23. The summed E-state index contributed by atoms with van der Waals surface area (Å²) in [6.45, 7) is 2.53. The van der Waals surface area contributed by atoms with Crippen LogP contribution in [0, 0.1) is 5.92 Å². The van der Waals surface area contributed by atoms with Gasteiger partial charge in [-0.25, -0.2) is 4.79 Å². The summed E-state index contributed by atoms with van der Waals surface area (Å²) in [6, 6.07) is 6.82. The van der Waals surface area contributed by atoms with Crippen molar-refractivity contribution in [1.82, 2.24) is 9.88 Å². The predicted molar refractivity (Wildman–Crippen MR) is 79.2 cm³/mol. The van der Waals surface area contributed by atoms with Crippen LogP contribution >= 0.6 is 0 Å². The van der Waals surface area contributed by atoms with Crippen molar-refractivity contribution in [2.45, 2.75) is 25.8 Å². The zero-order valence-electron chi connectivity index (χ0n) is 11.9. The Morgan fingerprint density at radius 3 is 2.86 bits per heavy atom. The van der Waals surface area contributed by atoms with Gasteiger partial charge in [-0.3, -0.25) is 4.79 Å². The maximum Gasteiger partial charge on any atom is 0.326 e. The number of H-pyrrole nitrogens is 1. The van der Waals surface area contributed by atoms with Gasteiger partial charge in [0.25, 0.3) is 5.91 Å². The summed E-state index contributed by atoms with van der Waals surface area (Å²) < 4.78 is 0. The highest BCUT2D eigenvalue weighted by Crippen LogP contribution is 2.26. The topological polar surface area (TPSA) is 73.4 Å². The summed E-state index contributed by atoms with van der Waals surface area (Å²) in [5, 5.41) is 10.2. The molecule has 5 heteroatoms. The first-order valence-electron chi connectivity index (χ1n) is 7.18. The van der Waals surface area contributed by atoms with Crippen LogP contribution in [0.2, 0.25) is 0 Å². The molecule has 3 rings (SSSR count). The van der Waals surface area contributed by atoms with Crippen molar-refractivity contribution < 1.29 is 14.7 Å². The molecule has 0 spiro atoms. The van der Waals surface area contributed by atoms with E-state index in [1.54, 1.807) is 6.20 Å². The Balaban J connectivity index is 1.95. The number of piperidine rings is 1. The maximum atomic E-state index is 12.7. The number of carboxylic acids is 1. The highest BCUT2D eigenvalue weighted by Gasteiger charge is 2.35. The van der Waals surface area contributed by atoms with Crippen LogP contribution < -0.4 is 0 Å². The van der Waals surface area contributed by atoms with Gasteiger partial charge in [-0.05, 0) is 24.8 Å². The van der Waals surface area contributed by atoms with Crippen LogP contribution in [0.1, 0.15) is 30.1 Å². The molecule has 1 aliphatic rings. The highest BCUT2D eigenvalue weighted by molar-refractivity contribution is 6.07. The van der Waals surface area contributed by atoms with Crippen molar-refractivity contribution in [3.8, 4) is 0 Å². The Labute approximate surface area is 122 Å². The van der Waals surface area contributed by atoms with E-state index < -0.39 is 12.0 Å². The van der Waals surface area contributed by atoms with Gasteiger partial charge < -0.3 is 15.0 Å². The number of aliphatic carboxylic acids is 1. The third-order valence-corrected chi connectivity index (χ3v) is 4.23. The van der Waals surface area contributed by atoms with E-state index in [0.717, 1.165) is 17.3 Å². The van der Waals surface area contributed by atoms with E-state index in [0.29, 0.717) is 24.4 Å². The minimum absolute atomic E-state index is 0.202. The van der Waals surface area contributed by atoms with Crippen LogP contribution in [0.25, 0.3) is 10.9 Å². The van der Waals surface area contributed by atoms with Gasteiger partial charge in [0, 0.05) is 23.6 Å². The van der Waals surface area contributed by atoms with E-state index in [9.17, 15) is 14.7 Å². The molecule has 5 nitrogen and oxygen atoms in total. The van der Waals surface area contributed by atoms with Gasteiger partial charge in [0.1, 0.15) is 6.04 Å². The summed E-state index contributed by atoms with van der Waals surface area (Å²) in [4.78, 5) is 28.7. The molecule has 2 atom stereocenters. The van der Waals surface area contributed by atoms with Crippen LogP contribution in [0.5, 0.6) is 0 Å². The van der Waals surface area contributed by atoms with Crippen LogP contribution in [0.15, 0.2) is 30.5 Å². The standard InChI is InChI=1S/C16H18N2O3/c1-10-6-7-18(14(8-10)16(20)21)15(19)12-9-17-13-5-3-2-4-11(12)13/h2-5,9-10,14,17H,6-8H2,1H3,(H,20,21). The molecule has 1 aromatic heterocycles. The second kappa shape index (κ2) is 5.24. The fourth-order valence-electron chi connectivity index (χ4n) is 3.02. The number of aromatic nitrogens is 1. The summed E-state index contributed by atoms with van der Waals surface area (Å²) >= 11 is 0. The van der Waals surface area contributed by atoms with Gasteiger partial charge >= 0.3 is 5.97 Å². The van der Waals surface area contributed by atoms with Crippen molar-refractivity contribution in [2.24, 2.45) is 5.92 Å². The Kier molecular flexibility index (Phi) is 3.41. The highest BCUT2D eigenvalue weighted by atomic mass is 16.4. The van der Waals surface area contributed by atoms with Crippen LogP contribution in [-0.4, -0.2) is 39.5 Å². The van der Waals surface area contributed by atoms with Crippen molar-refractivity contribution in [3.63, 3.8) is 0 Å². The number of carbonyl (C=O) groups excluding carboxylic acids is 1. The number of amides is 1. The first kappa shape index (κ1) is 13.7. The first-order chi connectivity index (χ1) is 10.1. The second-order valence-corrected chi connectivity index (χ2v) is 5.73. The Morgan fingerprint density at radius 2 is 2.10 bits per heavy atom. The third kappa shape index (κ3) is 2.39. The summed E-state index contributed by atoms with van der Waals surface area (Å²) in [6.07, 6.45) is 3.03. The summed E-state index contributed by atoms with van der Waals surface area (Å²) in [5.41, 5.74) is 1.43. The molecule has 0 radical (unpaired) electrons. The largest absolute Gasteiger partial charge is 0.480 e. The lowest BCUT2D eigenvalue weighted by molar-refractivity contribution is -0.144. The number of carboxylic acid groups (broad SMARTS) is 1. The maximum absolute atomic E-state index is 12.7. The minimum Gasteiger partial charge on any atom is -0.480 e. The molecule has 0 bridgehead atoms. The van der Waals surface area contributed by atoms with Gasteiger partial charge in [0.15, 0.2) is 0 Å². The zero-order valence-corrected chi connectivity index (χ0v) is 11.9. The molecule has 0 saturated carbocycles. The zero-order chi connectivity index (χ0) is 15.0. The molecule has 2 aromatic rings. The number of hydrogen-bond acceptors (Lipinski definition) is 2. The lowest BCUT2D eigenvalue weighted by atomic mass is 9.92. The van der Waals surface area contributed by atoms with Gasteiger partial charge in [-0.15, -0.1) is 0 Å². The molecule has 2 N–H and O–H groups in total. The van der Waals surface area contributed by atoms with Gasteiger partial charge in [0.05, 0.1) is 5.56 Å². The average molecular weight is 286 g/mol. The van der Waals surface area contributed by atoms with Crippen molar-refractivity contribution in [2.75, 3.05) is 6.54 Å². The molecule has 1 aliphatic heterocycles. The molecule has 1 aromatic carbocycles. The fourth-order valence-corrected chi connectivity index (χ4v) is 3.02. The smallest absolute Gasteiger partial charge is 0.326 e. The normalized spacial score (nSPS) is 22.4. The number of para-hydroxylation sites is 1. The molecular weight excluding hydrogens is 268 g/mol. The van der Waals surface area contributed by atoms with Crippen LogP contribution in [0.4, 0.5) is 0 Å². The molecule has 2 heterocycles. The number of carbonyl (C=O) groups is 2. The molecular formula is C16H18N2O3. The molecule has 0 aliphatic carbocycles. The van der Waals surface area contributed by atoms with Gasteiger partial charge in [0.2, 0.25) is 0 Å². The summed E-state index contributed by atoms with van der Waals surface area (Å²) in [7, 11) is 0. The molecule has 1 fully saturated rings. The number of nitrogens with one attached hydrogen (secondary N) is 1. The molecule has 2 unspecified atom stereocenters. The molecule has 1 amide bonds. The van der Waals surface area contributed by atoms with E-state index in [1.807, 2.05) is 31.2 Å². The number of rotatable bonds is 2. The van der Waals surface area contributed by atoms with E-state index in [1.165, 1.54) is 4.90 Å². The number of benzene rings is 1. The van der Waals surface area contributed by atoms with Crippen molar-refractivity contribution in [3.05, 3.63) is 36.0 Å². The van der Waals surface area contributed by atoms with Gasteiger partial charge in [-0.2, -0.15) is 0 Å². The lowest BCUT2D eigenvalue weighted by Crippen LogP contribution is -2.49. The summed E-state index contributed by atoms with van der Waals surface area (Å²) in [5.74, 6) is -0.792. The van der Waals surface area contributed by atoms with E-state index in [2.05, 4.69) is 4.98 Å². The van der Waals surface area contributed by atoms with Crippen molar-refractivity contribution in [1.29, 1.82) is 0 Å². The Hall–Kier alpha value is -2.30. The first-order valence-corrected chi connectivity index (χ1v) is 7.18. The molecule has 110 valence electrons. The quantitative estimate of drug-likeness (QED) is 0.890. The monoisotopic (exact) mass is 286 g/mol. The van der Waals surface area contributed by atoms with Crippen LogP contribution in [-0.2, 0) is 4.79 Å². The number of nitrogens with zero attached hydrogens (tertiary/aromatic N) is 1. The van der Waals surface area contributed by atoms with Gasteiger partial charge in [-0.1, -0.05) is 25.1 Å². The van der Waals surface area contributed by atoms with E-state index in [4.69, 9.17) is 0 Å². The lowest BCUT2D eigenvalue weighted by Gasteiger charge is -2.35. The molecule has 21 heavy (non-hydrogen) atoms. The minimum atomic E-state index is -0.922. The van der Waals surface area contributed by atoms with E-state index >= 15 is 0 Å². The number of likely N-dealkylation sites (tertiary alicyclic amines) is 1. The predicted octanol–water partition coefficient (Wildman–Crippen LogP) is 2.49. The Bertz CT molecular complexity index is 692. The molecule has 1 saturated heterocycles. The SMILES string of the molecule is CC1CCN(C(=O)c2c[nH]c3ccccc23)C(C(=O)O)C1.